The Balaban J connectivity index is 1.27. The molecule has 3 aromatic rings. The molecule has 1 atom stereocenters. The van der Waals surface area contributed by atoms with Gasteiger partial charge in [-0.1, -0.05) is 30.3 Å². The number of aromatic nitrogens is 1. The van der Waals surface area contributed by atoms with Gasteiger partial charge in [0.2, 0.25) is 0 Å². The average molecular weight is 442 g/mol. The molecule has 2 aromatic carbocycles. The summed E-state index contributed by atoms with van der Waals surface area (Å²) in [5, 5.41) is 0. The second-order valence-electron chi connectivity index (χ2n) is 9.18. The van der Waals surface area contributed by atoms with Gasteiger partial charge in [-0.3, -0.25) is 19.7 Å². The minimum absolute atomic E-state index is 0.157. The van der Waals surface area contributed by atoms with Crippen molar-refractivity contribution in [2.24, 2.45) is 10.9 Å². The molecule has 1 aromatic heterocycles. The number of aliphatic imine (C=N–C) groups is 1. The van der Waals surface area contributed by atoms with Crippen molar-refractivity contribution < 1.29 is 9.18 Å². The van der Waals surface area contributed by atoms with Gasteiger partial charge in [-0.25, -0.2) is 4.39 Å². The summed E-state index contributed by atoms with van der Waals surface area (Å²) in [4.78, 5) is 24.5. The van der Waals surface area contributed by atoms with Crippen molar-refractivity contribution in [1.29, 1.82) is 0 Å². The number of Topliss-reactive ketones (excluding diaryl/α,β-unsaturated/α-hetero) is 1. The lowest BCUT2D eigenvalue weighted by Crippen LogP contribution is -2.36. The van der Waals surface area contributed by atoms with Gasteiger partial charge >= 0.3 is 0 Å². The van der Waals surface area contributed by atoms with Crippen LogP contribution in [0.4, 0.5) is 4.39 Å². The van der Waals surface area contributed by atoms with E-state index in [0.717, 1.165) is 65.2 Å². The number of aryl methyl sites for hydroxylation is 1. The minimum Gasteiger partial charge on any atom is -0.299 e. The Morgan fingerprint density at radius 2 is 2.03 bits per heavy atom. The van der Waals surface area contributed by atoms with E-state index >= 15 is 0 Å². The fourth-order valence-corrected chi connectivity index (χ4v) is 5.01. The molecule has 0 bridgehead atoms. The first-order valence-electron chi connectivity index (χ1n) is 11.7. The summed E-state index contributed by atoms with van der Waals surface area (Å²) in [7, 11) is 0. The van der Waals surface area contributed by atoms with E-state index in [9.17, 15) is 9.18 Å². The minimum atomic E-state index is -0.157. The van der Waals surface area contributed by atoms with Crippen LogP contribution in [-0.4, -0.2) is 34.5 Å². The third kappa shape index (κ3) is 4.79. The smallest absolute Gasteiger partial charge is 0.163 e. The normalized spacial score (nSPS) is 18.1. The first-order valence-corrected chi connectivity index (χ1v) is 11.7. The number of carbonyl (C=O) groups is 1. The molecule has 2 aliphatic heterocycles. The number of pyridine rings is 1. The Morgan fingerprint density at radius 1 is 1.15 bits per heavy atom. The van der Waals surface area contributed by atoms with Gasteiger partial charge in [0, 0.05) is 53.7 Å². The van der Waals surface area contributed by atoms with Crippen LogP contribution in [0, 0.1) is 18.7 Å². The van der Waals surface area contributed by atoms with Crippen LogP contribution < -0.4 is 0 Å². The Bertz CT molecular complexity index is 1220. The fourth-order valence-electron chi connectivity index (χ4n) is 5.01. The van der Waals surface area contributed by atoms with Crippen LogP contribution in [0.3, 0.4) is 0 Å². The van der Waals surface area contributed by atoms with Gasteiger partial charge in [0.25, 0.3) is 0 Å². The summed E-state index contributed by atoms with van der Waals surface area (Å²) in [6.45, 7) is 4.99. The summed E-state index contributed by atoms with van der Waals surface area (Å²) in [5.74, 6) is 0.311. The molecule has 2 aliphatic rings. The van der Waals surface area contributed by atoms with Gasteiger partial charge in [0.05, 0.1) is 12.3 Å². The van der Waals surface area contributed by atoms with Crippen LogP contribution >= 0.6 is 0 Å². The van der Waals surface area contributed by atoms with E-state index in [-0.39, 0.29) is 11.6 Å². The molecule has 4 nitrogen and oxygen atoms in total. The molecule has 0 N–H and O–H groups in total. The van der Waals surface area contributed by atoms with Crippen molar-refractivity contribution in [1.82, 2.24) is 9.88 Å². The summed E-state index contributed by atoms with van der Waals surface area (Å²) in [6, 6.07) is 17.0. The second kappa shape index (κ2) is 9.36. The predicted octanol–water partition coefficient (Wildman–Crippen LogP) is 5.37. The molecule has 0 amide bonds. The first-order chi connectivity index (χ1) is 16.1. The maximum Gasteiger partial charge on any atom is 0.163 e. The van der Waals surface area contributed by atoms with Gasteiger partial charge in [0.15, 0.2) is 5.78 Å². The molecule has 0 unspecified atom stereocenters. The number of piperidine rings is 1. The van der Waals surface area contributed by atoms with Gasteiger partial charge in [-0.2, -0.15) is 0 Å². The van der Waals surface area contributed by atoms with E-state index in [1.165, 1.54) is 6.07 Å². The molecule has 0 spiro atoms. The van der Waals surface area contributed by atoms with Crippen molar-refractivity contribution in [3.05, 3.63) is 100 Å². The molecule has 0 radical (unpaired) electrons. The van der Waals surface area contributed by atoms with Crippen LogP contribution in [-0.2, 0) is 13.1 Å². The van der Waals surface area contributed by atoms with E-state index in [1.54, 1.807) is 12.3 Å². The average Bonchev–Trinajstić information content (AvgIpc) is 3.24. The summed E-state index contributed by atoms with van der Waals surface area (Å²) in [6.07, 6.45) is 4.39. The molecule has 168 valence electrons. The zero-order valence-electron chi connectivity index (χ0n) is 18.9. The van der Waals surface area contributed by atoms with Gasteiger partial charge in [-0.05, 0) is 62.1 Å². The largest absolute Gasteiger partial charge is 0.299 e. The number of nitrogens with zero attached hydrogens (tertiary/aromatic N) is 3. The predicted molar refractivity (Wildman–Crippen MR) is 128 cm³/mol. The third-order valence-electron chi connectivity index (χ3n) is 6.69. The summed E-state index contributed by atoms with van der Waals surface area (Å²) < 4.78 is 14.1. The number of hydrogen-bond donors (Lipinski definition) is 0. The topological polar surface area (TPSA) is 45.6 Å². The molecule has 1 saturated heterocycles. The van der Waals surface area contributed by atoms with Crippen molar-refractivity contribution >= 4 is 11.5 Å². The van der Waals surface area contributed by atoms with Crippen LogP contribution in [0.15, 0.2) is 65.8 Å². The molecule has 1 fully saturated rings. The Labute approximate surface area is 194 Å². The number of fused-ring (bicyclic) bond motifs is 1. The SMILES string of the molecule is Cc1cc(C2=NCc3ccc(C(=O)C[C@@H]4CCCN(Cc5ccccc5F)C4)cc32)ccn1. The van der Waals surface area contributed by atoms with E-state index in [2.05, 4.69) is 9.88 Å². The summed E-state index contributed by atoms with van der Waals surface area (Å²) in [5.41, 5.74) is 6.62. The maximum absolute atomic E-state index is 14.1. The van der Waals surface area contributed by atoms with Crippen LogP contribution in [0.1, 0.15) is 57.6 Å². The first kappa shape index (κ1) is 21.7. The lowest BCUT2D eigenvalue weighted by molar-refractivity contribution is 0.0912. The number of likely N-dealkylation sites (tertiary alicyclic amines) is 1. The number of halogens is 1. The van der Waals surface area contributed by atoms with Gasteiger partial charge in [-0.15, -0.1) is 0 Å². The lowest BCUT2D eigenvalue weighted by Gasteiger charge is -2.32. The Hall–Kier alpha value is -3.18. The number of carbonyl (C=O) groups excluding carboxylic acids is 1. The monoisotopic (exact) mass is 441 g/mol. The molecular weight excluding hydrogens is 413 g/mol. The Morgan fingerprint density at radius 3 is 2.88 bits per heavy atom. The quantitative estimate of drug-likeness (QED) is 0.484. The van der Waals surface area contributed by atoms with E-state index in [0.29, 0.717) is 25.4 Å². The van der Waals surface area contributed by atoms with Crippen molar-refractivity contribution in [2.75, 3.05) is 13.1 Å². The van der Waals surface area contributed by atoms with Crippen LogP contribution in [0.25, 0.3) is 0 Å². The van der Waals surface area contributed by atoms with E-state index in [1.807, 2.05) is 49.4 Å². The van der Waals surface area contributed by atoms with Crippen LogP contribution in [0.5, 0.6) is 0 Å². The van der Waals surface area contributed by atoms with Gasteiger partial charge in [0.1, 0.15) is 5.82 Å². The van der Waals surface area contributed by atoms with Crippen molar-refractivity contribution in [2.45, 2.75) is 39.3 Å². The highest BCUT2D eigenvalue weighted by Crippen LogP contribution is 2.27. The molecule has 0 aliphatic carbocycles. The molecule has 5 rings (SSSR count). The Kier molecular flexibility index (Phi) is 6.14. The molecule has 3 heterocycles. The van der Waals surface area contributed by atoms with Crippen LogP contribution in [0.2, 0.25) is 0 Å². The number of rotatable bonds is 6. The third-order valence-corrected chi connectivity index (χ3v) is 6.69. The number of benzene rings is 2. The van der Waals surface area contributed by atoms with E-state index in [4.69, 9.17) is 4.99 Å². The summed E-state index contributed by atoms with van der Waals surface area (Å²) >= 11 is 0. The zero-order chi connectivity index (χ0) is 22.8. The molecular formula is C28H28FN3O. The fraction of sp³-hybridized carbons (Fsp3) is 0.321. The number of hydrogen-bond acceptors (Lipinski definition) is 4. The highest BCUT2D eigenvalue weighted by Gasteiger charge is 2.25. The lowest BCUT2D eigenvalue weighted by atomic mass is 9.89. The van der Waals surface area contributed by atoms with E-state index < -0.39 is 0 Å². The molecule has 33 heavy (non-hydrogen) atoms. The second-order valence-corrected chi connectivity index (χ2v) is 9.18. The molecule has 0 saturated carbocycles. The standard InChI is InChI=1S/C28H28FN3O/c1-19-13-22(10-11-30-19)28-25-15-21(8-9-23(25)16-31-28)27(33)14-20-5-4-12-32(17-20)18-24-6-2-3-7-26(24)29/h2-3,6-11,13,15,20H,4-5,12,14,16-18H2,1H3/t20-/m0/s1. The van der Waals surface area contributed by atoms with Crippen molar-refractivity contribution in [3.63, 3.8) is 0 Å². The van der Waals surface area contributed by atoms with Gasteiger partial charge < -0.3 is 0 Å². The highest BCUT2D eigenvalue weighted by atomic mass is 19.1. The highest BCUT2D eigenvalue weighted by molar-refractivity contribution is 6.16. The molecule has 5 heteroatoms. The number of ketones is 1. The van der Waals surface area contributed by atoms with Crippen molar-refractivity contribution in [3.8, 4) is 0 Å². The zero-order valence-corrected chi connectivity index (χ0v) is 18.9. The maximum atomic E-state index is 14.1.